The predicted molar refractivity (Wildman–Crippen MR) is 76.0 cm³/mol. The molecule has 0 spiro atoms. The van der Waals surface area contributed by atoms with Crippen molar-refractivity contribution in [2.45, 2.75) is 63.8 Å². The molecule has 1 atom stereocenters. The van der Waals surface area contributed by atoms with Crippen molar-refractivity contribution in [2.24, 2.45) is 5.73 Å². The lowest BCUT2D eigenvalue weighted by atomic mass is 9.79. The Morgan fingerprint density at radius 2 is 2.00 bits per heavy atom. The maximum atomic E-state index is 10.1. The van der Waals surface area contributed by atoms with Crippen molar-refractivity contribution in [1.29, 1.82) is 0 Å². The Morgan fingerprint density at radius 3 is 2.44 bits per heavy atom. The van der Waals surface area contributed by atoms with E-state index in [1.807, 2.05) is 19.1 Å². The molecule has 1 aliphatic carbocycles. The van der Waals surface area contributed by atoms with E-state index < -0.39 is 0 Å². The quantitative estimate of drug-likeness (QED) is 0.856. The molecule has 0 amide bonds. The fraction of sp³-hybridized carbons (Fsp3) is 0.625. The fourth-order valence-corrected chi connectivity index (χ4v) is 2.66. The van der Waals surface area contributed by atoms with Crippen LogP contribution in [-0.4, -0.2) is 11.1 Å². The molecule has 1 saturated carbocycles. The summed E-state index contributed by atoms with van der Waals surface area (Å²) >= 11 is 0. The van der Waals surface area contributed by atoms with Gasteiger partial charge in [-0.25, -0.2) is 0 Å². The summed E-state index contributed by atoms with van der Waals surface area (Å²) in [6, 6.07) is 6.16. The molecule has 2 heteroatoms. The Hall–Kier alpha value is -1.02. The Bertz CT molecular complexity index is 444. The van der Waals surface area contributed by atoms with Crippen LogP contribution in [0.3, 0.4) is 0 Å². The van der Waals surface area contributed by atoms with Gasteiger partial charge in [0.2, 0.25) is 0 Å². The van der Waals surface area contributed by atoms with Crippen LogP contribution in [0.2, 0.25) is 0 Å². The van der Waals surface area contributed by atoms with Crippen molar-refractivity contribution in [1.82, 2.24) is 0 Å². The van der Waals surface area contributed by atoms with E-state index in [4.69, 9.17) is 5.73 Å². The summed E-state index contributed by atoms with van der Waals surface area (Å²) in [5.41, 5.74) is 8.63. The second-order valence-electron chi connectivity index (χ2n) is 6.41. The normalized spacial score (nSPS) is 19.6. The second-order valence-corrected chi connectivity index (χ2v) is 6.41. The molecular formula is C16H25NO. The van der Waals surface area contributed by atoms with Gasteiger partial charge in [0.15, 0.2) is 0 Å². The van der Waals surface area contributed by atoms with Crippen LogP contribution in [0.1, 0.15) is 58.1 Å². The van der Waals surface area contributed by atoms with Crippen molar-refractivity contribution in [2.75, 3.05) is 0 Å². The topological polar surface area (TPSA) is 46.2 Å². The molecule has 1 aliphatic rings. The van der Waals surface area contributed by atoms with E-state index in [-0.39, 0.29) is 16.9 Å². The minimum Gasteiger partial charge on any atom is -0.508 e. The summed E-state index contributed by atoms with van der Waals surface area (Å²) < 4.78 is 0. The van der Waals surface area contributed by atoms with Gasteiger partial charge in [-0.15, -0.1) is 0 Å². The molecule has 1 unspecified atom stereocenters. The van der Waals surface area contributed by atoms with Gasteiger partial charge in [0.1, 0.15) is 5.75 Å². The SMILES string of the molecule is CCC(C)(C)c1ccc(O)c(C2(C(C)N)CC2)c1. The molecule has 0 bridgehead atoms. The zero-order valence-electron chi connectivity index (χ0n) is 12.0. The molecular weight excluding hydrogens is 222 g/mol. The van der Waals surface area contributed by atoms with Crippen molar-refractivity contribution < 1.29 is 5.11 Å². The molecule has 0 heterocycles. The lowest BCUT2D eigenvalue weighted by molar-refractivity contribution is 0.442. The number of rotatable bonds is 4. The number of benzene rings is 1. The van der Waals surface area contributed by atoms with Gasteiger partial charge < -0.3 is 10.8 Å². The van der Waals surface area contributed by atoms with E-state index in [9.17, 15) is 5.11 Å². The summed E-state index contributed by atoms with van der Waals surface area (Å²) in [5, 5.41) is 10.1. The van der Waals surface area contributed by atoms with Crippen molar-refractivity contribution in [3.05, 3.63) is 29.3 Å². The van der Waals surface area contributed by atoms with Gasteiger partial charge in [-0.05, 0) is 43.2 Å². The smallest absolute Gasteiger partial charge is 0.119 e. The van der Waals surface area contributed by atoms with Crippen LogP contribution in [0.15, 0.2) is 18.2 Å². The summed E-state index contributed by atoms with van der Waals surface area (Å²) in [7, 11) is 0. The first-order valence-electron chi connectivity index (χ1n) is 6.93. The maximum absolute atomic E-state index is 10.1. The van der Waals surface area contributed by atoms with Gasteiger partial charge >= 0.3 is 0 Å². The van der Waals surface area contributed by atoms with Gasteiger partial charge in [0, 0.05) is 17.0 Å². The van der Waals surface area contributed by atoms with Crippen molar-refractivity contribution in [3.63, 3.8) is 0 Å². The minimum atomic E-state index is 0.0178. The lowest BCUT2D eigenvalue weighted by Crippen LogP contribution is -2.32. The van der Waals surface area contributed by atoms with Gasteiger partial charge in [-0.2, -0.15) is 0 Å². The molecule has 100 valence electrons. The number of nitrogens with two attached hydrogens (primary N) is 1. The third-order valence-electron chi connectivity index (χ3n) is 4.86. The highest BCUT2D eigenvalue weighted by molar-refractivity contribution is 5.47. The predicted octanol–water partition coefficient (Wildman–Crippen LogP) is 3.46. The second kappa shape index (κ2) is 4.27. The molecule has 18 heavy (non-hydrogen) atoms. The number of hydrogen-bond acceptors (Lipinski definition) is 2. The Morgan fingerprint density at radius 1 is 1.39 bits per heavy atom. The molecule has 0 aromatic heterocycles. The fourth-order valence-electron chi connectivity index (χ4n) is 2.66. The third-order valence-corrected chi connectivity index (χ3v) is 4.86. The highest BCUT2D eigenvalue weighted by Crippen LogP contribution is 2.53. The molecule has 0 saturated heterocycles. The van der Waals surface area contributed by atoms with E-state index in [1.54, 1.807) is 0 Å². The van der Waals surface area contributed by atoms with Crippen LogP contribution in [0, 0.1) is 0 Å². The van der Waals surface area contributed by atoms with Crippen LogP contribution in [-0.2, 0) is 10.8 Å². The number of hydrogen-bond donors (Lipinski definition) is 2. The molecule has 1 fully saturated rings. The Labute approximate surface area is 110 Å². The third kappa shape index (κ3) is 2.03. The zero-order chi connectivity index (χ0) is 13.6. The first-order chi connectivity index (χ1) is 8.33. The molecule has 1 aromatic rings. The molecule has 2 nitrogen and oxygen atoms in total. The van der Waals surface area contributed by atoms with Crippen LogP contribution in [0.4, 0.5) is 0 Å². The van der Waals surface area contributed by atoms with E-state index in [2.05, 4.69) is 26.8 Å². The standard InChI is InChI=1S/C16H25NO/c1-5-15(3,4)12-6-7-14(18)13(10-12)16(8-9-16)11(2)17/h6-7,10-11,18H,5,8-9,17H2,1-4H3. The van der Waals surface area contributed by atoms with E-state index in [0.29, 0.717) is 5.75 Å². The van der Waals surface area contributed by atoms with Gasteiger partial charge in [-0.3, -0.25) is 0 Å². The molecule has 2 rings (SSSR count). The number of aromatic hydroxyl groups is 1. The summed E-state index contributed by atoms with van der Waals surface area (Å²) in [4.78, 5) is 0. The van der Waals surface area contributed by atoms with Crippen molar-refractivity contribution >= 4 is 0 Å². The highest BCUT2D eigenvalue weighted by Gasteiger charge is 2.49. The average Bonchev–Trinajstić information content (AvgIpc) is 3.10. The van der Waals surface area contributed by atoms with Gasteiger partial charge in [0.05, 0.1) is 0 Å². The van der Waals surface area contributed by atoms with Crippen LogP contribution in [0.5, 0.6) is 5.75 Å². The summed E-state index contributed by atoms with van der Waals surface area (Å²) in [5.74, 6) is 0.403. The molecule has 0 radical (unpaired) electrons. The summed E-state index contributed by atoms with van der Waals surface area (Å²) in [6.45, 7) is 8.73. The Balaban J connectivity index is 2.46. The first-order valence-corrected chi connectivity index (χ1v) is 6.93. The van der Waals surface area contributed by atoms with Crippen molar-refractivity contribution in [3.8, 4) is 5.75 Å². The summed E-state index contributed by atoms with van der Waals surface area (Å²) in [6.07, 6.45) is 3.27. The van der Waals surface area contributed by atoms with E-state index in [0.717, 1.165) is 24.8 Å². The van der Waals surface area contributed by atoms with E-state index >= 15 is 0 Å². The molecule has 1 aromatic carbocycles. The number of phenolic OH excluding ortho intramolecular Hbond substituents is 1. The number of phenols is 1. The van der Waals surface area contributed by atoms with Crippen LogP contribution in [0.25, 0.3) is 0 Å². The maximum Gasteiger partial charge on any atom is 0.119 e. The van der Waals surface area contributed by atoms with E-state index in [1.165, 1.54) is 5.56 Å². The van der Waals surface area contributed by atoms with Crippen LogP contribution >= 0.6 is 0 Å². The highest BCUT2D eigenvalue weighted by atomic mass is 16.3. The Kier molecular flexibility index (Phi) is 3.18. The zero-order valence-corrected chi connectivity index (χ0v) is 12.0. The molecule has 0 aliphatic heterocycles. The molecule has 3 N–H and O–H groups in total. The lowest BCUT2D eigenvalue weighted by Gasteiger charge is -2.27. The minimum absolute atomic E-state index is 0.0178. The first kappa shape index (κ1) is 13.4. The monoisotopic (exact) mass is 247 g/mol. The van der Waals surface area contributed by atoms with Crippen LogP contribution < -0.4 is 5.73 Å². The van der Waals surface area contributed by atoms with Gasteiger partial charge in [0.25, 0.3) is 0 Å². The van der Waals surface area contributed by atoms with Gasteiger partial charge in [-0.1, -0.05) is 32.9 Å². The average molecular weight is 247 g/mol. The largest absolute Gasteiger partial charge is 0.508 e.